The molecule has 0 aliphatic carbocycles. The second kappa shape index (κ2) is 7.70. The van der Waals surface area contributed by atoms with Crippen LogP contribution in [0.2, 0.25) is 0 Å². The number of hydrogen-bond donors (Lipinski definition) is 2. The molecule has 4 nitrogen and oxygen atoms in total. The Hall–Kier alpha value is -2.66. The Morgan fingerprint density at radius 1 is 1.08 bits per heavy atom. The average Bonchev–Trinajstić information content (AvgIpc) is 2.98. The molecule has 1 aromatic heterocycles. The minimum atomic E-state index is -0.127. The fourth-order valence-corrected chi connectivity index (χ4v) is 3.62. The van der Waals surface area contributed by atoms with Crippen LogP contribution in [0.4, 0.5) is 16.5 Å². The van der Waals surface area contributed by atoms with Crippen molar-refractivity contribution in [1.29, 1.82) is 0 Å². The van der Waals surface area contributed by atoms with Gasteiger partial charge in [-0.3, -0.25) is 4.79 Å². The van der Waals surface area contributed by atoms with Crippen LogP contribution in [-0.4, -0.2) is 10.9 Å². The third-order valence-corrected chi connectivity index (χ3v) is 5.32. The fourth-order valence-electron chi connectivity index (χ4n) is 2.74. The van der Waals surface area contributed by atoms with E-state index in [4.69, 9.17) is 0 Å². The summed E-state index contributed by atoms with van der Waals surface area (Å²) in [6, 6.07) is 14.1. The molecule has 0 aliphatic rings. The summed E-state index contributed by atoms with van der Waals surface area (Å²) in [5, 5.41) is 7.00. The van der Waals surface area contributed by atoms with E-state index in [9.17, 15) is 4.79 Å². The van der Waals surface area contributed by atoms with Gasteiger partial charge >= 0.3 is 0 Å². The SMILES string of the molecule is CCc1ccc(NC(=O)c2sc(Nc3ccc(C)cc3C)nc2C)cc1. The maximum absolute atomic E-state index is 12.6. The number of carbonyl (C=O) groups is 1. The maximum Gasteiger partial charge on any atom is 0.267 e. The highest BCUT2D eigenvalue weighted by atomic mass is 32.1. The van der Waals surface area contributed by atoms with Gasteiger partial charge in [0.2, 0.25) is 0 Å². The molecule has 2 N–H and O–H groups in total. The number of anilines is 3. The number of thiazole rings is 1. The molecule has 0 radical (unpaired) electrons. The van der Waals surface area contributed by atoms with E-state index in [0.29, 0.717) is 4.88 Å². The zero-order chi connectivity index (χ0) is 18.7. The number of benzene rings is 2. The molecule has 0 saturated carbocycles. The van der Waals surface area contributed by atoms with Crippen molar-refractivity contribution in [2.45, 2.75) is 34.1 Å². The molecule has 0 unspecified atom stereocenters. The second-order valence-corrected chi connectivity index (χ2v) is 7.38. The van der Waals surface area contributed by atoms with Gasteiger partial charge in [-0.15, -0.1) is 0 Å². The molecule has 26 heavy (non-hydrogen) atoms. The molecule has 1 heterocycles. The smallest absolute Gasteiger partial charge is 0.267 e. The van der Waals surface area contributed by atoms with Gasteiger partial charge in [-0.1, -0.05) is 48.1 Å². The monoisotopic (exact) mass is 365 g/mol. The first-order chi connectivity index (χ1) is 12.5. The largest absolute Gasteiger partial charge is 0.331 e. The molecule has 1 amide bonds. The van der Waals surface area contributed by atoms with Gasteiger partial charge < -0.3 is 10.6 Å². The van der Waals surface area contributed by atoms with Crippen molar-refractivity contribution in [3.05, 3.63) is 69.7 Å². The normalized spacial score (nSPS) is 10.6. The molecule has 3 aromatic rings. The molecule has 5 heteroatoms. The van der Waals surface area contributed by atoms with Crippen molar-refractivity contribution in [2.24, 2.45) is 0 Å². The fraction of sp³-hybridized carbons (Fsp3) is 0.238. The Morgan fingerprint density at radius 3 is 2.46 bits per heavy atom. The summed E-state index contributed by atoms with van der Waals surface area (Å²) < 4.78 is 0. The number of carbonyl (C=O) groups excluding carboxylic acids is 1. The van der Waals surface area contributed by atoms with Crippen molar-refractivity contribution < 1.29 is 4.79 Å². The summed E-state index contributed by atoms with van der Waals surface area (Å²) in [7, 11) is 0. The van der Waals surface area contributed by atoms with Gasteiger partial charge in [-0.25, -0.2) is 4.98 Å². The van der Waals surface area contributed by atoms with Gasteiger partial charge in [0.1, 0.15) is 4.88 Å². The first-order valence-corrected chi connectivity index (χ1v) is 9.50. The van der Waals surface area contributed by atoms with Crippen molar-refractivity contribution >= 4 is 33.8 Å². The van der Waals surface area contributed by atoms with Crippen LogP contribution in [-0.2, 0) is 6.42 Å². The van der Waals surface area contributed by atoms with E-state index < -0.39 is 0 Å². The lowest BCUT2D eigenvalue weighted by Crippen LogP contribution is -2.11. The van der Waals surface area contributed by atoms with Gasteiger partial charge in [0.05, 0.1) is 5.69 Å². The number of rotatable bonds is 5. The predicted octanol–water partition coefficient (Wildman–Crippen LogP) is 5.63. The van der Waals surface area contributed by atoms with Crippen molar-refractivity contribution in [3.8, 4) is 0 Å². The van der Waals surface area contributed by atoms with Crippen LogP contribution >= 0.6 is 11.3 Å². The molecule has 0 aliphatic heterocycles. The molecule has 0 atom stereocenters. The number of aromatic nitrogens is 1. The highest BCUT2D eigenvalue weighted by Gasteiger charge is 2.16. The van der Waals surface area contributed by atoms with Crippen LogP contribution in [0.15, 0.2) is 42.5 Å². The summed E-state index contributed by atoms with van der Waals surface area (Å²) in [5.41, 5.74) is 6.15. The van der Waals surface area contributed by atoms with Gasteiger partial charge in [-0.05, 0) is 56.5 Å². The van der Waals surface area contributed by atoms with Crippen LogP contribution in [0.1, 0.15) is 39.0 Å². The highest BCUT2D eigenvalue weighted by molar-refractivity contribution is 7.17. The minimum Gasteiger partial charge on any atom is -0.331 e. The summed E-state index contributed by atoms with van der Waals surface area (Å²) in [4.78, 5) is 17.7. The van der Waals surface area contributed by atoms with Crippen molar-refractivity contribution in [1.82, 2.24) is 4.98 Å². The molecule has 2 aromatic carbocycles. The molecule has 134 valence electrons. The maximum atomic E-state index is 12.6. The van der Waals surface area contributed by atoms with E-state index >= 15 is 0 Å². The molecule has 0 saturated heterocycles. The minimum absolute atomic E-state index is 0.127. The van der Waals surface area contributed by atoms with Gasteiger partial charge in [0, 0.05) is 11.4 Å². The quantitative estimate of drug-likeness (QED) is 0.616. The Morgan fingerprint density at radius 2 is 1.81 bits per heavy atom. The zero-order valence-corrected chi connectivity index (χ0v) is 16.3. The first kappa shape index (κ1) is 18.1. The molecular weight excluding hydrogens is 342 g/mol. The van der Waals surface area contributed by atoms with Gasteiger partial charge in [-0.2, -0.15) is 0 Å². The van der Waals surface area contributed by atoms with E-state index in [1.807, 2.05) is 37.3 Å². The molecule has 0 spiro atoms. The summed E-state index contributed by atoms with van der Waals surface area (Å²) in [6.45, 7) is 8.10. The highest BCUT2D eigenvalue weighted by Crippen LogP contribution is 2.28. The third kappa shape index (κ3) is 4.11. The standard InChI is InChI=1S/C21H23N3OS/c1-5-16-7-9-17(10-8-16)23-20(25)19-15(4)22-21(26-19)24-18-11-6-13(2)12-14(18)3/h6-12H,5H2,1-4H3,(H,22,24)(H,23,25). The number of nitrogens with zero attached hydrogens (tertiary/aromatic N) is 1. The molecule has 3 rings (SSSR count). The van der Waals surface area contributed by atoms with E-state index in [-0.39, 0.29) is 5.91 Å². The van der Waals surface area contributed by atoms with Crippen molar-refractivity contribution in [2.75, 3.05) is 10.6 Å². The number of hydrogen-bond acceptors (Lipinski definition) is 4. The first-order valence-electron chi connectivity index (χ1n) is 8.68. The summed E-state index contributed by atoms with van der Waals surface area (Å²) in [6.07, 6.45) is 0.982. The van der Waals surface area contributed by atoms with Gasteiger partial charge in [0.15, 0.2) is 5.13 Å². The van der Waals surface area contributed by atoms with Crippen LogP contribution in [0.25, 0.3) is 0 Å². The number of aryl methyl sites for hydroxylation is 4. The van der Waals surface area contributed by atoms with E-state index in [1.54, 1.807) is 0 Å². The predicted molar refractivity (Wildman–Crippen MR) is 110 cm³/mol. The van der Waals surface area contributed by atoms with Crippen LogP contribution in [0, 0.1) is 20.8 Å². The van der Waals surface area contributed by atoms with Crippen LogP contribution in [0.5, 0.6) is 0 Å². The molecule has 0 fully saturated rings. The molecule has 0 bridgehead atoms. The third-order valence-electron chi connectivity index (χ3n) is 4.25. The Balaban J connectivity index is 1.75. The van der Waals surface area contributed by atoms with Crippen LogP contribution in [0.3, 0.4) is 0 Å². The zero-order valence-electron chi connectivity index (χ0n) is 15.5. The van der Waals surface area contributed by atoms with Crippen molar-refractivity contribution in [3.63, 3.8) is 0 Å². The second-order valence-electron chi connectivity index (χ2n) is 6.38. The van der Waals surface area contributed by atoms with Gasteiger partial charge in [0.25, 0.3) is 5.91 Å². The number of amides is 1. The summed E-state index contributed by atoms with van der Waals surface area (Å²) >= 11 is 1.37. The lowest BCUT2D eigenvalue weighted by molar-refractivity contribution is 0.103. The summed E-state index contributed by atoms with van der Waals surface area (Å²) in [5.74, 6) is -0.127. The number of nitrogens with one attached hydrogen (secondary N) is 2. The topological polar surface area (TPSA) is 54.0 Å². The Bertz CT molecular complexity index is 929. The van der Waals surface area contributed by atoms with E-state index in [0.717, 1.165) is 34.2 Å². The Labute approximate surface area is 158 Å². The van der Waals surface area contributed by atoms with E-state index in [2.05, 4.69) is 48.5 Å². The van der Waals surface area contributed by atoms with E-state index in [1.165, 1.54) is 22.5 Å². The lowest BCUT2D eigenvalue weighted by atomic mass is 10.1. The van der Waals surface area contributed by atoms with Crippen LogP contribution < -0.4 is 10.6 Å². The average molecular weight is 366 g/mol. The lowest BCUT2D eigenvalue weighted by Gasteiger charge is -2.07. The Kier molecular flexibility index (Phi) is 5.38. The molecular formula is C21H23N3OS.